The first-order chi connectivity index (χ1) is 14.4. The SMILES string of the molecule is COc1cc2nn(C3CCC(C(C)C)CC3)cc2cc1NC(=O)c1ccc(F)cn1. The van der Waals surface area contributed by atoms with Crippen molar-refractivity contribution in [1.82, 2.24) is 14.8 Å². The van der Waals surface area contributed by atoms with E-state index in [1.54, 1.807) is 7.11 Å². The molecule has 2 heterocycles. The highest BCUT2D eigenvalue weighted by Gasteiger charge is 2.25. The van der Waals surface area contributed by atoms with E-state index in [9.17, 15) is 9.18 Å². The Morgan fingerprint density at radius 1 is 1.23 bits per heavy atom. The highest BCUT2D eigenvalue weighted by molar-refractivity contribution is 6.05. The fourth-order valence-electron chi connectivity index (χ4n) is 4.25. The number of anilines is 1. The molecule has 1 aromatic carbocycles. The van der Waals surface area contributed by atoms with E-state index in [0.717, 1.165) is 41.8 Å². The Morgan fingerprint density at radius 2 is 2.00 bits per heavy atom. The van der Waals surface area contributed by atoms with Gasteiger partial charge in [0.2, 0.25) is 0 Å². The van der Waals surface area contributed by atoms with Gasteiger partial charge in [0.25, 0.3) is 5.91 Å². The van der Waals surface area contributed by atoms with E-state index in [4.69, 9.17) is 9.84 Å². The summed E-state index contributed by atoms with van der Waals surface area (Å²) < 4.78 is 20.6. The minimum Gasteiger partial charge on any atom is -0.494 e. The molecule has 7 heteroatoms. The van der Waals surface area contributed by atoms with Gasteiger partial charge in [-0.15, -0.1) is 0 Å². The van der Waals surface area contributed by atoms with Gasteiger partial charge in [-0.2, -0.15) is 5.10 Å². The zero-order valence-corrected chi connectivity index (χ0v) is 17.6. The van der Waals surface area contributed by atoms with E-state index < -0.39 is 11.7 Å². The maximum absolute atomic E-state index is 13.1. The number of methoxy groups -OCH3 is 1. The van der Waals surface area contributed by atoms with Crippen molar-refractivity contribution in [3.63, 3.8) is 0 Å². The van der Waals surface area contributed by atoms with E-state index in [2.05, 4.69) is 28.8 Å². The van der Waals surface area contributed by atoms with E-state index >= 15 is 0 Å². The molecule has 1 aliphatic rings. The van der Waals surface area contributed by atoms with E-state index in [1.165, 1.54) is 25.0 Å². The number of fused-ring (bicyclic) bond motifs is 1. The topological polar surface area (TPSA) is 69.0 Å². The van der Waals surface area contributed by atoms with Crippen LogP contribution in [-0.4, -0.2) is 27.8 Å². The number of pyridine rings is 1. The number of carbonyl (C=O) groups excluding carboxylic acids is 1. The number of ether oxygens (including phenoxy) is 1. The summed E-state index contributed by atoms with van der Waals surface area (Å²) in [5, 5.41) is 8.52. The van der Waals surface area contributed by atoms with Gasteiger partial charge in [0.1, 0.15) is 17.3 Å². The molecule has 3 aromatic rings. The number of halogens is 1. The number of amides is 1. The molecule has 6 nitrogen and oxygen atoms in total. The first kappa shape index (κ1) is 20.3. The van der Waals surface area contributed by atoms with Crippen LogP contribution < -0.4 is 10.1 Å². The number of nitrogens with one attached hydrogen (secondary N) is 1. The van der Waals surface area contributed by atoms with Gasteiger partial charge in [-0.1, -0.05) is 13.8 Å². The second-order valence-corrected chi connectivity index (χ2v) is 8.35. The third-order valence-corrected chi connectivity index (χ3v) is 6.11. The summed E-state index contributed by atoms with van der Waals surface area (Å²) in [6.07, 6.45) is 7.79. The van der Waals surface area contributed by atoms with Crippen molar-refractivity contribution in [2.75, 3.05) is 12.4 Å². The Kier molecular flexibility index (Phi) is 5.70. The third kappa shape index (κ3) is 4.15. The van der Waals surface area contributed by atoms with Crippen LogP contribution in [-0.2, 0) is 0 Å². The number of hydrogen-bond donors (Lipinski definition) is 1. The Hall–Kier alpha value is -2.96. The monoisotopic (exact) mass is 410 g/mol. The quantitative estimate of drug-likeness (QED) is 0.626. The van der Waals surface area contributed by atoms with E-state index in [0.29, 0.717) is 17.5 Å². The normalized spacial score (nSPS) is 19.2. The minimum atomic E-state index is -0.486. The Bertz CT molecular complexity index is 1040. The molecule has 1 fully saturated rings. The summed E-state index contributed by atoms with van der Waals surface area (Å²) in [5.74, 6) is 1.14. The molecule has 2 aromatic heterocycles. The number of rotatable bonds is 5. The number of hydrogen-bond acceptors (Lipinski definition) is 4. The molecular weight excluding hydrogens is 383 g/mol. The van der Waals surface area contributed by atoms with Crippen molar-refractivity contribution in [3.05, 3.63) is 48.2 Å². The van der Waals surface area contributed by atoms with Crippen LogP contribution in [0.25, 0.3) is 10.9 Å². The molecule has 1 aliphatic carbocycles. The number of aromatic nitrogens is 3. The standard InChI is InChI=1S/C23H27FN4O2/c1-14(2)15-4-7-18(8-5-15)28-13-16-10-21(22(30-3)11-20(16)27-28)26-23(29)19-9-6-17(24)12-25-19/h6,9-15,18H,4-5,7-8H2,1-3H3,(H,26,29). The molecule has 158 valence electrons. The summed E-state index contributed by atoms with van der Waals surface area (Å²) in [6.45, 7) is 4.60. The van der Waals surface area contributed by atoms with Crippen LogP contribution in [0.3, 0.4) is 0 Å². The largest absolute Gasteiger partial charge is 0.494 e. The summed E-state index contributed by atoms with van der Waals surface area (Å²) in [6, 6.07) is 6.65. The van der Waals surface area contributed by atoms with Crippen molar-refractivity contribution < 1.29 is 13.9 Å². The molecule has 0 radical (unpaired) electrons. The first-order valence-electron chi connectivity index (χ1n) is 10.4. The van der Waals surface area contributed by atoms with Crippen LogP contribution in [0.2, 0.25) is 0 Å². The molecule has 0 bridgehead atoms. The average molecular weight is 410 g/mol. The van der Waals surface area contributed by atoms with Gasteiger partial charge < -0.3 is 10.1 Å². The van der Waals surface area contributed by atoms with Gasteiger partial charge in [-0.05, 0) is 55.7 Å². The number of nitrogens with zero attached hydrogens (tertiary/aromatic N) is 3. The lowest BCUT2D eigenvalue weighted by atomic mass is 9.80. The number of benzene rings is 1. The maximum atomic E-state index is 13.1. The van der Waals surface area contributed by atoms with Crippen LogP contribution in [0.5, 0.6) is 5.75 Å². The molecule has 0 saturated heterocycles. The highest BCUT2D eigenvalue weighted by atomic mass is 19.1. The molecule has 30 heavy (non-hydrogen) atoms. The average Bonchev–Trinajstić information content (AvgIpc) is 3.16. The van der Waals surface area contributed by atoms with Crippen molar-refractivity contribution in [2.45, 2.75) is 45.6 Å². The molecule has 4 rings (SSSR count). The lowest BCUT2D eigenvalue weighted by Gasteiger charge is -2.30. The van der Waals surface area contributed by atoms with Gasteiger partial charge >= 0.3 is 0 Å². The zero-order valence-electron chi connectivity index (χ0n) is 17.6. The van der Waals surface area contributed by atoms with Gasteiger partial charge in [-0.25, -0.2) is 9.37 Å². The second kappa shape index (κ2) is 8.42. The Labute approximate surface area is 175 Å². The van der Waals surface area contributed by atoms with Crippen LogP contribution in [0.4, 0.5) is 10.1 Å². The summed E-state index contributed by atoms with van der Waals surface area (Å²) >= 11 is 0. The molecular formula is C23H27FN4O2. The van der Waals surface area contributed by atoms with Crippen LogP contribution in [0, 0.1) is 17.7 Å². The lowest BCUT2D eigenvalue weighted by molar-refractivity contribution is 0.102. The minimum absolute atomic E-state index is 0.135. The smallest absolute Gasteiger partial charge is 0.274 e. The molecule has 0 spiro atoms. The Morgan fingerprint density at radius 3 is 2.63 bits per heavy atom. The second-order valence-electron chi connectivity index (χ2n) is 8.35. The third-order valence-electron chi connectivity index (χ3n) is 6.11. The molecule has 0 unspecified atom stereocenters. The van der Waals surface area contributed by atoms with Gasteiger partial charge in [0.15, 0.2) is 0 Å². The molecule has 0 atom stereocenters. The molecule has 1 saturated carbocycles. The summed E-state index contributed by atoms with van der Waals surface area (Å²) in [4.78, 5) is 16.3. The van der Waals surface area contributed by atoms with Crippen molar-refractivity contribution in [2.24, 2.45) is 11.8 Å². The van der Waals surface area contributed by atoms with Crippen molar-refractivity contribution in [3.8, 4) is 5.75 Å². The van der Waals surface area contributed by atoms with Gasteiger partial charge in [0, 0.05) is 17.6 Å². The summed E-state index contributed by atoms with van der Waals surface area (Å²) in [7, 11) is 1.55. The fraction of sp³-hybridized carbons (Fsp3) is 0.435. The maximum Gasteiger partial charge on any atom is 0.274 e. The predicted molar refractivity (Wildman–Crippen MR) is 114 cm³/mol. The molecule has 0 aliphatic heterocycles. The van der Waals surface area contributed by atoms with Crippen molar-refractivity contribution in [1.29, 1.82) is 0 Å². The van der Waals surface area contributed by atoms with E-state index in [1.807, 2.05) is 18.3 Å². The van der Waals surface area contributed by atoms with Crippen LogP contribution in [0.1, 0.15) is 56.1 Å². The highest BCUT2D eigenvalue weighted by Crippen LogP contribution is 2.37. The van der Waals surface area contributed by atoms with Gasteiger partial charge in [0.05, 0.1) is 30.6 Å². The molecule has 1 N–H and O–H groups in total. The lowest BCUT2D eigenvalue weighted by Crippen LogP contribution is -2.21. The van der Waals surface area contributed by atoms with E-state index in [-0.39, 0.29) is 5.69 Å². The number of carbonyl (C=O) groups is 1. The first-order valence-corrected chi connectivity index (χ1v) is 10.4. The Balaban J connectivity index is 1.56. The predicted octanol–water partition coefficient (Wildman–Crippen LogP) is 5.22. The zero-order chi connectivity index (χ0) is 21.3. The summed E-state index contributed by atoms with van der Waals surface area (Å²) in [5.41, 5.74) is 1.50. The van der Waals surface area contributed by atoms with Crippen LogP contribution in [0.15, 0.2) is 36.7 Å². The van der Waals surface area contributed by atoms with Crippen LogP contribution >= 0.6 is 0 Å². The van der Waals surface area contributed by atoms with Gasteiger partial charge in [-0.3, -0.25) is 9.48 Å². The molecule has 1 amide bonds. The van der Waals surface area contributed by atoms with Crippen molar-refractivity contribution >= 4 is 22.5 Å². The fourth-order valence-corrected chi connectivity index (χ4v) is 4.25.